The van der Waals surface area contributed by atoms with Gasteiger partial charge in [0.1, 0.15) is 11.4 Å². The van der Waals surface area contributed by atoms with Crippen LogP contribution in [0.25, 0.3) is 0 Å². The lowest BCUT2D eigenvalue weighted by atomic mass is 10.0. The van der Waals surface area contributed by atoms with Crippen molar-refractivity contribution in [3.05, 3.63) is 30.1 Å². The third-order valence-corrected chi connectivity index (χ3v) is 2.47. The van der Waals surface area contributed by atoms with Crippen LogP contribution in [0.2, 0.25) is 0 Å². The first-order valence-corrected chi connectivity index (χ1v) is 5.21. The molecule has 0 aliphatic carbocycles. The maximum atomic E-state index is 13.0. The number of likely N-dealkylation sites (N-methyl/N-ethyl adjacent to an activating group) is 1. The normalized spacial score (nSPS) is 13.9. The van der Waals surface area contributed by atoms with E-state index in [0.717, 1.165) is 0 Å². The van der Waals surface area contributed by atoms with Gasteiger partial charge in [0.25, 0.3) is 0 Å². The minimum atomic E-state index is -1.13. The molecule has 0 fully saturated rings. The molecule has 2 N–H and O–H groups in total. The van der Waals surface area contributed by atoms with Crippen LogP contribution >= 0.6 is 0 Å². The van der Waals surface area contributed by atoms with Gasteiger partial charge in [-0.3, -0.25) is 4.79 Å². The number of hydrogen-bond donors (Lipinski definition) is 1. The van der Waals surface area contributed by atoms with Gasteiger partial charge in [-0.2, -0.15) is 0 Å². The van der Waals surface area contributed by atoms with Gasteiger partial charge in [0.15, 0.2) is 0 Å². The minimum Gasteiger partial charge on any atom is -0.468 e. The Bertz CT molecular complexity index is 407. The number of anilines is 1. The highest BCUT2D eigenvalue weighted by Gasteiger charge is 2.31. The number of hydrogen-bond acceptors (Lipinski definition) is 4. The molecule has 0 radical (unpaired) electrons. The topological polar surface area (TPSA) is 55.6 Å². The smallest absolute Gasteiger partial charge is 0.327 e. The van der Waals surface area contributed by atoms with Crippen molar-refractivity contribution in [2.75, 3.05) is 25.6 Å². The predicted molar refractivity (Wildman–Crippen MR) is 64.3 cm³/mol. The zero-order valence-electron chi connectivity index (χ0n) is 10.2. The zero-order chi connectivity index (χ0) is 13.1. The van der Waals surface area contributed by atoms with Gasteiger partial charge in [0, 0.05) is 19.3 Å². The Kier molecular flexibility index (Phi) is 4.07. The molecule has 0 spiro atoms. The molecule has 94 valence electrons. The molecule has 17 heavy (non-hydrogen) atoms. The third-order valence-electron chi connectivity index (χ3n) is 2.47. The number of nitrogens with zero attached hydrogens (tertiary/aromatic N) is 1. The Labute approximate surface area is 100 Å². The van der Waals surface area contributed by atoms with E-state index in [1.165, 1.54) is 19.2 Å². The molecular weight excluding hydrogens is 223 g/mol. The minimum absolute atomic E-state index is 0.239. The number of rotatable bonds is 4. The van der Waals surface area contributed by atoms with E-state index in [-0.39, 0.29) is 12.4 Å². The molecule has 1 aromatic rings. The van der Waals surface area contributed by atoms with Gasteiger partial charge in [-0.1, -0.05) is 6.07 Å². The van der Waals surface area contributed by atoms with E-state index in [4.69, 9.17) is 5.73 Å². The fourth-order valence-electron chi connectivity index (χ4n) is 1.60. The SMILES string of the molecule is COC(=O)C(C)(N)CN(C)c1cccc(F)c1. The maximum absolute atomic E-state index is 13.0. The van der Waals surface area contributed by atoms with Crippen molar-refractivity contribution in [2.24, 2.45) is 5.73 Å². The second-order valence-electron chi connectivity index (χ2n) is 4.24. The summed E-state index contributed by atoms with van der Waals surface area (Å²) in [5.41, 5.74) is 5.37. The van der Waals surface area contributed by atoms with Crippen molar-refractivity contribution in [3.63, 3.8) is 0 Å². The molecule has 0 bridgehead atoms. The highest BCUT2D eigenvalue weighted by molar-refractivity contribution is 5.80. The van der Waals surface area contributed by atoms with E-state index in [1.807, 2.05) is 0 Å². The summed E-state index contributed by atoms with van der Waals surface area (Å²) in [4.78, 5) is 13.1. The van der Waals surface area contributed by atoms with E-state index >= 15 is 0 Å². The fourth-order valence-corrected chi connectivity index (χ4v) is 1.60. The van der Waals surface area contributed by atoms with Gasteiger partial charge in [-0.25, -0.2) is 4.39 Å². The van der Waals surface area contributed by atoms with Crippen LogP contribution < -0.4 is 10.6 Å². The standard InChI is InChI=1S/C12H17FN2O2/c1-12(14,11(16)17-3)8-15(2)10-6-4-5-9(13)7-10/h4-7H,8,14H2,1-3H3. The lowest BCUT2D eigenvalue weighted by molar-refractivity contribution is -0.145. The lowest BCUT2D eigenvalue weighted by Crippen LogP contribution is -2.53. The highest BCUT2D eigenvalue weighted by Crippen LogP contribution is 2.16. The zero-order valence-corrected chi connectivity index (χ0v) is 10.2. The molecule has 0 saturated heterocycles. The number of carbonyl (C=O) groups is 1. The van der Waals surface area contributed by atoms with Crippen LogP contribution in [-0.2, 0) is 9.53 Å². The molecule has 4 nitrogen and oxygen atoms in total. The van der Waals surface area contributed by atoms with E-state index in [0.29, 0.717) is 5.69 Å². The molecule has 0 heterocycles. The first-order chi connectivity index (χ1) is 7.86. The van der Waals surface area contributed by atoms with Crippen molar-refractivity contribution >= 4 is 11.7 Å². The molecule has 1 atom stereocenters. The number of ether oxygens (including phenoxy) is 1. The molecule has 0 aliphatic heterocycles. The Morgan fingerprint density at radius 2 is 2.24 bits per heavy atom. The quantitative estimate of drug-likeness (QED) is 0.802. The monoisotopic (exact) mass is 240 g/mol. The molecule has 1 unspecified atom stereocenters. The Hall–Kier alpha value is -1.62. The van der Waals surface area contributed by atoms with Crippen molar-refractivity contribution in [1.29, 1.82) is 0 Å². The molecule has 0 saturated carbocycles. The summed E-state index contributed by atoms with van der Waals surface area (Å²) >= 11 is 0. The Morgan fingerprint density at radius 3 is 2.76 bits per heavy atom. The average molecular weight is 240 g/mol. The summed E-state index contributed by atoms with van der Waals surface area (Å²) < 4.78 is 17.6. The molecular formula is C12H17FN2O2. The largest absolute Gasteiger partial charge is 0.468 e. The highest BCUT2D eigenvalue weighted by atomic mass is 19.1. The van der Waals surface area contributed by atoms with Crippen LogP contribution in [0.1, 0.15) is 6.92 Å². The molecule has 1 aromatic carbocycles. The van der Waals surface area contributed by atoms with Gasteiger partial charge >= 0.3 is 5.97 Å². The molecule has 0 aromatic heterocycles. The number of benzene rings is 1. The summed E-state index contributed by atoms with van der Waals surface area (Å²) in [7, 11) is 3.03. The Morgan fingerprint density at radius 1 is 1.59 bits per heavy atom. The fraction of sp³-hybridized carbons (Fsp3) is 0.417. The van der Waals surface area contributed by atoms with Gasteiger partial charge in [-0.05, 0) is 25.1 Å². The summed E-state index contributed by atoms with van der Waals surface area (Å²) in [5.74, 6) is -0.827. The molecule has 1 rings (SSSR count). The van der Waals surface area contributed by atoms with Crippen molar-refractivity contribution < 1.29 is 13.9 Å². The molecule has 0 amide bonds. The van der Waals surface area contributed by atoms with E-state index < -0.39 is 11.5 Å². The van der Waals surface area contributed by atoms with Crippen molar-refractivity contribution in [3.8, 4) is 0 Å². The van der Waals surface area contributed by atoms with Crippen molar-refractivity contribution in [2.45, 2.75) is 12.5 Å². The van der Waals surface area contributed by atoms with Crippen LogP contribution in [0.5, 0.6) is 0 Å². The Balaban J connectivity index is 2.79. The van der Waals surface area contributed by atoms with Gasteiger partial charge in [0.2, 0.25) is 0 Å². The number of nitrogens with two attached hydrogens (primary N) is 1. The summed E-state index contributed by atoms with van der Waals surface area (Å²) in [6, 6.07) is 6.09. The van der Waals surface area contributed by atoms with Crippen LogP contribution in [0.3, 0.4) is 0 Å². The summed E-state index contributed by atoms with van der Waals surface area (Å²) in [6.07, 6.45) is 0. The maximum Gasteiger partial charge on any atom is 0.327 e. The van der Waals surface area contributed by atoms with E-state index in [2.05, 4.69) is 4.74 Å². The summed E-state index contributed by atoms with van der Waals surface area (Å²) in [6.45, 7) is 1.82. The number of methoxy groups -OCH3 is 1. The predicted octanol–water partition coefficient (Wildman–Crippen LogP) is 1.15. The van der Waals surface area contributed by atoms with Crippen LogP contribution in [-0.4, -0.2) is 32.2 Å². The van der Waals surface area contributed by atoms with Crippen LogP contribution in [0.15, 0.2) is 24.3 Å². The van der Waals surface area contributed by atoms with E-state index in [1.54, 1.807) is 31.0 Å². The molecule has 5 heteroatoms. The van der Waals surface area contributed by atoms with E-state index in [9.17, 15) is 9.18 Å². The second-order valence-corrected chi connectivity index (χ2v) is 4.24. The lowest BCUT2D eigenvalue weighted by Gasteiger charge is -2.29. The van der Waals surface area contributed by atoms with Gasteiger partial charge < -0.3 is 15.4 Å². The van der Waals surface area contributed by atoms with Crippen LogP contribution in [0, 0.1) is 5.82 Å². The van der Waals surface area contributed by atoms with Gasteiger partial charge in [-0.15, -0.1) is 0 Å². The number of halogens is 1. The molecule has 0 aliphatic rings. The number of carbonyl (C=O) groups excluding carboxylic acids is 1. The summed E-state index contributed by atoms with van der Waals surface area (Å²) in [5, 5.41) is 0. The first kappa shape index (κ1) is 13.4. The average Bonchev–Trinajstić information content (AvgIpc) is 2.27. The number of esters is 1. The second kappa shape index (κ2) is 5.14. The van der Waals surface area contributed by atoms with Gasteiger partial charge in [0.05, 0.1) is 7.11 Å². The first-order valence-electron chi connectivity index (χ1n) is 5.21. The van der Waals surface area contributed by atoms with Crippen LogP contribution in [0.4, 0.5) is 10.1 Å². The third kappa shape index (κ3) is 3.42. The van der Waals surface area contributed by atoms with Crippen molar-refractivity contribution in [1.82, 2.24) is 0 Å².